The summed E-state index contributed by atoms with van der Waals surface area (Å²) in [6.45, 7) is 6.21. The van der Waals surface area contributed by atoms with E-state index in [2.05, 4.69) is 18.0 Å². The number of pyridine rings is 1. The van der Waals surface area contributed by atoms with Gasteiger partial charge in [-0.3, -0.25) is 0 Å². The monoisotopic (exact) mass is 215 g/mol. The second-order valence-corrected chi connectivity index (χ2v) is 4.39. The minimum absolute atomic E-state index is 0.245. The summed E-state index contributed by atoms with van der Waals surface area (Å²) in [6, 6.07) is 7.91. The van der Waals surface area contributed by atoms with E-state index in [9.17, 15) is 5.11 Å². The summed E-state index contributed by atoms with van der Waals surface area (Å²) in [7, 11) is 0. The third-order valence-electron chi connectivity index (χ3n) is 2.87. The number of aromatic hydroxyl groups is 1. The van der Waals surface area contributed by atoms with Gasteiger partial charge in [0, 0.05) is 5.39 Å². The summed E-state index contributed by atoms with van der Waals surface area (Å²) in [5, 5.41) is 10.9. The molecule has 1 heterocycles. The molecule has 1 aromatic carbocycles. The van der Waals surface area contributed by atoms with Crippen LogP contribution in [0.15, 0.2) is 24.3 Å². The molecule has 0 radical (unpaired) electrons. The molecule has 0 amide bonds. The lowest BCUT2D eigenvalue weighted by Crippen LogP contribution is -1.96. The van der Waals surface area contributed by atoms with Crippen molar-refractivity contribution in [1.29, 1.82) is 0 Å². The van der Waals surface area contributed by atoms with Crippen LogP contribution in [0, 0.1) is 0 Å². The third-order valence-corrected chi connectivity index (χ3v) is 2.87. The second-order valence-electron chi connectivity index (χ2n) is 4.39. The zero-order chi connectivity index (χ0) is 11.7. The topological polar surface area (TPSA) is 33.1 Å². The maximum atomic E-state index is 9.88. The normalized spacial score (nSPS) is 11.2. The van der Waals surface area contributed by atoms with Crippen LogP contribution in [0.1, 0.15) is 37.9 Å². The first-order valence-corrected chi connectivity index (χ1v) is 5.75. The fourth-order valence-electron chi connectivity index (χ4n) is 1.97. The highest BCUT2D eigenvalue weighted by Crippen LogP contribution is 2.28. The van der Waals surface area contributed by atoms with E-state index in [1.807, 2.05) is 32.0 Å². The molecule has 2 nitrogen and oxygen atoms in total. The van der Waals surface area contributed by atoms with Crippen LogP contribution < -0.4 is 0 Å². The van der Waals surface area contributed by atoms with Gasteiger partial charge in [-0.05, 0) is 24.0 Å². The van der Waals surface area contributed by atoms with Crippen LogP contribution in [-0.4, -0.2) is 10.1 Å². The predicted molar refractivity (Wildman–Crippen MR) is 66.9 cm³/mol. The number of fused-ring (bicyclic) bond motifs is 1. The molecule has 0 atom stereocenters. The number of rotatable bonds is 2. The van der Waals surface area contributed by atoms with Crippen LogP contribution in [-0.2, 0) is 6.42 Å². The molecular formula is C14H17NO. The maximum absolute atomic E-state index is 9.88. The largest absolute Gasteiger partial charge is 0.506 e. The van der Waals surface area contributed by atoms with E-state index in [0.717, 1.165) is 23.0 Å². The van der Waals surface area contributed by atoms with Crippen LogP contribution in [0.2, 0.25) is 0 Å². The van der Waals surface area contributed by atoms with Gasteiger partial charge >= 0.3 is 0 Å². The minimum Gasteiger partial charge on any atom is -0.506 e. The van der Waals surface area contributed by atoms with Gasteiger partial charge in [0.25, 0.3) is 0 Å². The SMILES string of the molecule is CCc1cccc2cc(O)c(C(C)C)nc12. The highest BCUT2D eigenvalue weighted by atomic mass is 16.3. The van der Waals surface area contributed by atoms with Gasteiger partial charge in [-0.15, -0.1) is 0 Å². The Morgan fingerprint density at radius 2 is 2.06 bits per heavy atom. The first-order valence-electron chi connectivity index (χ1n) is 5.75. The van der Waals surface area contributed by atoms with E-state index in [0.29, 0.717) is 5.75 Å². The van der Waals surface area contributed by atoms with Crippen LogP contribution in [0.25, 0.3) is 10.9 Å². The summed E-state index contributed by atoms with van der Waals surface area (Å²) in [4.78, 5) is 4.60. The lowest BCUT2D eigenvalue weighted by atomic mass is 10.0. The third kappa shape index (κ3) is 1.75. The molecule has 0 saturated heterocycles. The predicted octanol–water partition coefficient (Wildman–Crippen LogP) is 3.63. The van der Waals surface area contributed by atoms with Gasteiger partial charge in [0.15, 0.2) is 0 Å². The fraction of sp³-hybridized carbons (Fsp3) is 0.357. The van der Waals surface area contributed by atoms with Crippen molar-refractivity contribution in [2.24, 2.45) is 0 Å². The number of aryl methyl sites for hydroxylation is 1. The number of hydrogen-bond donors (Lipinski definition) is 1. The van der Waals surface area contributed by atoms with Crippen molar-refractivity contribution in [3.8, 4) is 5.75 Å². The first-order chi connectivity index (χ1) is 7.63. The molecular weight excluding hydrogens is 198 g/mol. The van der Waals surface area contributed by atoms with E-state index < -0.39 is 0 Å². The van der Waals surface area contributed by atoms with Gasteiger partial charge in [-0.1, -0.05) is 39.0 Å². The molecule has 0 aliphatic rings. The van der Waals surface area contributed by atoms with Crippen molar-refractivity contribution >= 4 is 10.9 Å². The second kappa shape index (κ2) is 4.12. The smallest absolute Gasteiger partial charge is 0.137 e. The van der Waals surface area contributed by atoms with E-state index >= 15 is 0 Å². The van der Waals surface area contributed by atoms with Gasteiger partial charge in [0.1, 0.15) is 5.75 Å². The van der Waals surface area contributed by atoms with Crippen molar-refractivity contribution in [1.82, 2.24) is 4.98 Å². The summed E-state index contributed by atoms with van der Waals surface area (Å²) >= 11 is 0. The van der Waals surface area contributed by atoms with Gasteiger partial charge < -0.3 is 5.11 Å². The van der Waals surface area contributed by atoms with Crippen LogP contribution in [0.5, 0.6) is 5.75 Å². The van der Waals surface area contributed by atoms with Crippen LogP contribution in [0.4, 0.5) is 0 Å². The Morgan fingerprint density at radius 1 is 1.31 bits per heavy atom. The van der Waals surface area contributed by atoms with Crippen molar-refractivity contribution < 1.29 is 5.11 Å². The molecule has 0 fully saturated rings. The molecule has 0 unspecified atom stereocenters. The molecule has 0 aliphatic heterocycles. The van der Waals surface area contributed by atoms with E-state index in [-0.39, 0.29) is 5.92 Å². The summed E-state index contributed by atoms with van der Waals surface area (Å²) < 4.78 is 0. The Bertz CT molecular complexity index is 517. The number of para-hydroxylation sites is 1. The minimum atomic E-state index is 0.245. The Morgan fingerprint density at radius 3 is 2.69 bits per heavy atom. The van der Waals surface area contributed by atoms with Crippen molar-refractivity contribution in [2.75, 3.05) is 0 Å². The molecule has 84 valence electrons. The van der Waals surface area contributed by atoms with Crippen molar-refractivity contribution in [3.63, 3.8) is 0 Å². The number of nitrogens with zero attached hydrogens (tertiary/aromatic N) is 1. The molecule has 2 rings (SSSR count). The average molecular weight is 215 g/mol. The van der Waals surface area contributed by atoms with Crippen molar-refractivity contribution in [2.45, 2.75) is 33.1 Å². The zero-order valence-electron chi connectivity index (χ0n) is 9.99. The molecule has 0 bridgehead atoms. The molecule has 0 spiro atoms. The molecule has 1 N–H and O–H groups in total. The number of hydrogen-bond acceptors (Lipinski definition) is 2. The van der Waals surface area contributed by atoms with Gasteiger partial charge in [0.2, 0.25) is 0 Å². The lowest BCUT2D eigenvalue weighted by Gasteiger charge is -2.10. The van der Waals surface area contributed by atoms with Crippen molar-refractivity contribution in [3.05, 3.63) is 35.5 Å². The maximum Gasteiger partial charge on any atom is 0.137 e. The number of benzene rings is 1. The standard InChI is InChI=1S/C14H17NO/c1-4-10-6-5-7-11-8-12(16)13(9(2)3)15-14(10)11/h5-9,16H,4H2,1-3H3. The Balaban J connectivity index is 2.75. The molecule has 2 heteroatoms. The van der Waals surface area contributed by atoms with Crippen LogP contribution in [0.3, 0.4) is 0 Å². The summed E-state index contributed by atoms with van der Waals surface area (Å²) in [5.74, 6) is 0.546. The molecule has 0 aliphatic carbocycles. The summed E-state index contributed by atoms with van der Waals surface area (Å²) in [5.41, 5.74) is 3.04. The lowest BCUT2D eigenvalue weighted by molar-refractivity contribution is 0.461. The Kier molecular flexibility index (Phi) is 2.82. The number of aromatic nitrogens is 1. The zero-order valence-corrected chi connectivity index (χ0v) is 9.99. The quantitative estimate of drug-likeness (QED) is 0.829. The first kappa shape index (κ1) is 10.9. The molecule has 16 heavy (non-hydrogen) atoms. The average Bonchev–Trinajstić information content (AvgIpc) is 2.26. The Labute approximate surface area is 96.0 Å². The molecule has 2 aromatic rings. The van der Waals surface area contributed by atoms with Gasteiger partial charge in [-0.2, -0.15) is 0 Å². The van der Waals surface area contributed by atoms with E-state index in [1.165, 1.54) is 5.56 Å². The van der Waals surface area contributed by atoms with Gasteiger partial charge in [-0.25, -0.2) is 4.98 Å². The summed E-state index contributed by atoms with van der Waals surface area (Å²) in [6.07, 6.45) is 0.965. The molecule has 0 saturated carbocycles. The highest BCUT2D eigenvalue weighted by Gasteiger charge is 2.10. The highest BCUT2D eigenvalue weighted by molar-refractivity contribution is 5.83. The van der Waals surface area contributed by atoms with E-state index in [4.69, 9.17) is 0 Å². The fourth-order valence-corrected chi connectivity index (χ4v) is 1.97. The molecule has 1 aromatic heterocycles. The van der Waals surface area contributed by atoms with Gasteiger partial charge in [0.05, 0.1) is 11.2 Å². The van der Waals surface area contributed by atoms with Crippen LogP contribution >= 0.6 is 0 Å². The Hall–Kier alpha value is -1.57. The van der Waals surface area contributed by atoms with E-state index in [1.54, 1.807) is 0 Å².